The fraction of sp³-hybridized carbons (Fsp3) is 0.778. The molecule has 0 spiro atoms. The van der Waals surface area contributed by atoms with E-state index < -0.39 is 23.5 Å². The Kier molecular flexibility index (Phi) is 3.10. The van der Waals surface area contributed by atoms with Crippen LogP contribution < -0.4 is 11.1 Å². The molecule has 5 nitrogen and oxygen atoms in total. The van der Waals surface area contributed by atoms with Crippen molar-refractivity contribution < 1.29 is 14.7 Å². The normalized spacial score (nSPS) is 21.6. The summed E-state index contributed by atoms with van der Waals surface area (Å²) in [7, 11) is 0. The smallest absolute Gasteiger partial charge is 0.329 e. The lowest BCUT2D eigenvalue weighted by molar-refractivity contribution is -0.147. The molecule has 1 atom stereocenters. The summed E-state index contributed by atoms with van der Waals surface area (Å²) < 4.78 is 0. The fourth-order valence-corrected chi connectivity index (χ4v) is 1.72. The van der Waals surface area contributed by atoms with Crippen LogP contribution in [0.15, 0.2) is 0 Å². The van der Waals surface area contributed by atoms with Crippen LogP contribution in [0.5, 0.6) is 0 Å². The van der Waals surface area contributed by atoms with Gasteiger partial charge in [-0.25, -0.2) is 4.79 Å². The highest BCUT2D eigenvalue weighted by Gasteiger charge is 2.42. The number of rotatable bonds is 3. The lowest BCUT2D eigenvalue weighted by Crippen LogP contribution is -2.56. The summed E-state index contributed by atoms with van der Waals surface area (Å²) in [5.74, 6) is -1.35. The van der Waals surface area contributed by atoms with E-state index in [9.17, 15) is 9.59 Å². The highest BCUT2D eigenvalue weighted by atomic mass is 16.4. The number of nitrogens with two attached hydrogens (primary N) is 1. The van der Waals surface area contributed by atoms with E-state index in [1.807, 2.05) is 0 Å². The molecule has 1 aliphatic rings. The Morgan fingerprint density at radius 3 is 2.29 bits per heavy atom. The molecule has 1 amide bonds. The van der Waals surface area contributed by atoms with E-state index in [1.165, 1.54) is 0 Å². The summed E-state index contributed by atoms with van der Waals surface area (Å²) in [6.07, 6.45) is 2.68. The van der Waals surface area contributed by atoms with Gasteiger partial charge in [0.2, 0.25) is 5.91 Å². The molecular formula is C9H16N2O3. The highest BCUT2D eigenvalue weighted by molar-refractivity contribution is 5.89. The van der Waals surface area contributed by atoms with Gasteiger partial charge in [0.25, 0.3) is 0 Å². The zero-order valence-corrected chi connectivity index (χ0v) is 8.25. The average molecular weight is 200 g/mol. The minimum Gasteiger partial charge on any atom is -0.480 e. The zero-order chi connectivity index (χ0) is 10.8. The van der Waals surface area contributed by atoms with E-state index >= 15 is 0 Å². The van der Waals surface area contributed by atoms with Crippen molar-refractivity contribution in [1.29, 1.82) is 0 Å². The maximum absolute atomic E-state index is 11.3. The van der Waals surface area contributed by atoms with Crippen molar-refractivity contribution in [3.8, 4) is 0 Å². The van der Waals surface area contributed by atoms with Crippen LogP contribution >= 0.6 is 0 Å². The average Bonchev–Trinajstić information content (AvgIpc) is 2.53. The largest absolute Gasteiger partial charge is 0.480 e. The molecule has 4 N–H and O–H groups in total. The van der Waals surface area contributed by atoms with E-state index in [0.717, 1.165) is 12.8 Å². The predicted molar refractivity (Wildman–Crippen MR) is 50.6 cm³/mol. The van der Waals surface area contributed by atoms with Gasteiger partial charge in [0.15, 0.2) is 0 Å². The predicted octanol–water partition coefficient (Wildman–Crippen LogP) is -0.153. The Morgan fingerprint density at radius 2 is 1.93 bits per heavy atom. The van der Waals surface area contributed by atoms with Crippen LogP contribution in [0.25, 0.3) is 0 Å². The van der Waals surface area contributed by atoms with Gasteiger partial charge in [-0.3, -0.25) is 4.79 Å². The number of amides is 1. The minimum absolute atomic E-state index is 0.394. The van der Waals surface area contributed by atoms with Gasteiger partial charge in [0.1, 0.15) is 5.54 Å². The van der Waals surface area contributed by atoms with Crippen LogP contribution in [-0.2, 0) is 9.59 Å². The summed E-state index contributed by atoms with van der Waals surface area (Å²) in [6, 6.07) is -0.660. The molecule has 1 aliphatic carbocycles. The van der Waals surface area contributed by atoms with E-state index in [0.29, 0.717) is 12.8 Å². The number of hydrogen-bond acceptors (Lipinski definition) is 3. The molecule has 0 radical (unpaired) electrons. The minimum atomic E-state index is -1.06. The maximum Gasteiger partial charge on any atom is 0.329 e. The van der Waals surface area contributed by atoms with Crippen LogP contribution in [0.1, 0.15) is 32.6 Å². The first kappa shape index (κ1) is 11.0. The molecule has 0 unspecified atom stereocenters. The first-order chi connectivity index (χ1) is 6.48. The van der Waals surface area contributed by atoms with Crippen LogP contribution in [0.4, 0.5) is 0 Å². The van der Waals surface area contributed by atoms with Crippen LogP contribution in [0.2, 0.25) is 0 Å². The summed E-state index contributed by atoms with van der Waals surface area (Å²) in [6.45, 7) is 1.54. The van der Waals surface area contributed by atoms with Crippen LogP contribution in [0.3, 0.4) is 0 Å². The first-order valence-electron chi connectivity index (χ1n) is 4.79. The number of carbonyl (C=O) groups is 2. The van der Waals surface area contributed by atoms with Crippen molar-refractivity contribution in [3.05, 3.63) is 0 Å². The van der Waals surface area contributed by atoms with Gasteiger partial charge in [-0.1, -0.05) is 12.8 Å². The standard InChI is InChI=1S/C9H16N2O3/c1-6(10)7(12)11-9(8(13)14)4-2-3-5-9/h6H,2-5,10H2,1H3,(H,11,12)(H,13,14)/t6-/m0/s1. The summed E-state index contributed by atoms with van der Waals surface area (Å²) in [5.41, 5.74) is 4.30. The van der Waals surface area contributed by atoms with E-state index in [1.54, 1.807) is 6.92 Å². The molecule has 5 heteroatoms. The monoisotopic (exact) mass is 200 g/mol. The van der Waals surface area contributed by atoms with Gasteiger partial charge in [0, 0.05) is 0 Å². The van der Waals surface area contributed by atoms with Gasteiger partial charge in [-0.05, 0) is 19.8 Å². The fourth-order valence-electron chi connectivity index (χ4n) is 1.72. The van der Waals surface area contributed by atoms with Crippen molar-refractivity contribution in [1.82, 2.24) is 5.32 Å². The Labute approximate surface area is 82.7 Å². The summed E-state index contributed by atoms with van der Waals surface area (Å²) >= 11 is 0. The molecule has 80 valence electrons. The van der Waals surface area contributed by atoms with Gasteiger partial charge < -0.3 is 16.2 Å². The van der Waals surface area contributed by atoms with E-state index in [2.05, 4.69) is 5.32 Å². The SMILES string of the molecule is C[C@H](N)C(=O)NC1(C(=O)O)CCCC1. The Hall–Kier alpha value is -1.10. The third-order valence-electron chi connectivity index (χ3n) is 2.64. The Morgan fingerprint density at radius 1 is 1.43 bits per heavy atom. The Balaban J connectivity index is 2.70. The molecule has 0 heterocycles. The van der Waals surface area contributed by atoms with Gasteiger partial charge in [0.05, 0.1) is 6.04 Å². The molecule has 1 rings (SSSR count). The number of aliphatic carboxylic acids is 1. The van der Waals surface area contributed by atoms with E-state index in [4.69, 9.17) is 10.8 Å². The van der Waals surface area contributed by atoms with Crippen molar-refractivity contribution in [2.24, 2.45) is 5.73 Å². The van der Waals surface area contributed by atoms with Crippen molar-refractivity contribution in [2.45, 2.75) is 44.2 Å². The molecule has 0 aromatic carbocycles. The van der Waals surface area contributed by atoms with Crippen LogP contribution in [-0.4, -0.2) is 28.6 Å². The number of nitrogens with one attached hydrogen (secondary N) is 1. The van der Waals surface area contributed by atoms with Gasteiger partial charge in [-0.2, -0.15) is 0 Å². The molecule has 1 saturated carbocycles. The van der Waals surface area contributed by atoms with Gasteiger partial charge in [-0.15, -0.1) is 0 Å². The first-order valence-corrected chi connectivity index (χ1v) is 4.79. The molecule has 0 aliphatic heterocycles. The molecule has 14 heavy (non-hydrogen) atoms. The number of hydrogen-bond donors (Lipinski definition) is 3. The maximum atomic E-state index is 11.3. The quantitative estimate of drug-likeness (QED) is 0.590. The van der Waals surface area contributed by atoms with Crippen molar-refractivity contribution in [3.63, 3.8) is 0 Å². The lowest BCUT2D eigenvalue weighted by atomic mass is 9.97. The molecule has 0 saturated heterocycles. The zero-order valence-electron chi connectivity index (χ0n) is 8.25. The Bertz CT molecular complexity index is 244. The number of carboxylic acids is 1. The van der Waals surface area contributed by atoms with E-state index in [-0.39, 0.29) is 0 Å². The molecule has 0 aromatic rings. The second-order valence-corrected chi connectivity index (χ2v) is 3.87. The second-order valence-electron chi connectivity index (χ2n) is 3.87. The highest BCUT2D eigenvalue weighted by Crippen LogP contribution is 2.29. The number of carboxylic acid groups (broad SMARTS) is 1. The molecular weight excluding hydrogens is 184 g/mol. The molecule has 0 aromatic heterocycles. The third kappa shape index (κ3) is 2.04. The summed E-state index contributed by atoms with van der Waals surface area (Å²) in [4.78, 5) is 22.3. The molecule has 0 bridgehead atoms. The molecule has 1 fully saturated rings. The van der Waals surface area contributed by atoms with Crippen LogP contribution in [0, 0.1) is 0 Å². The third-order valence-corrected chi connectivity index (χ3v) is 2.64. The topological polar surface area (TPSA) is 92.4 Å². The lowest BCUT2D eigenvalue weighted by Gasteiger charge is -2.26. The van der Waals surface area contributed by atoms with Crippen molar-refractivity contribution >= 4 is 11.9 Å². The van der Waals surface area contributed by atoms with Crippen molar-refractivity contribution in [2.75, 3.05) is 0 Å². The van der Waals surface area contributed by atoms with Gasteiger partial charge >= 0.3 is 5.97 Å². The second kappa shape index (κ2) is 3.96. The number of carbonyl (C=O) groups excluding carboxylic acids is 1. The summed E-state index contributed by atoms with van der Waals surface area (Å²) in [5, 5.41) is 11.6.